The first-order valence-electron chi connectivity index (χ1n) is 6.67. The summed E-state index contributed by atoms with van der Waals surface area (Å²) >= 11 is 0. The third-order valence-corrected chi connectivity index (χ3v) is 3.87. The van der Waals surface area contributed by atoms with Gasteiger partial charge in [-0.15, -0.1) is 0 Å². The third-order valence-electron chi connectivity index (χ3n) is 3.87. The lowest BCUT2D eigenvalue weighted by Crippen LogP contribution is -2.45. The lowest BCUT2D eigenvalue weighted by molar-refractivity contribution is -0.119. The van der Waals surface area contributed by atoms with Gasteiger partial charge in [0.25, 0.3) is 0 Å². The van der Waals surface area contributed by atoms with Crippen molar-refractivity contribution in [2.24, 2.45) is 0 Å². The van der Waals surface area contributed by atoms with E-state index in [9.17, 15) is 4.79 Å². The Bertz CT molecular complexity index is 456. The lowest BCUT2D eigenvalue weighted by atomic mass is 10.0. The van der Waals surface area contributed by atoms with Gasteiger partial charge in [0.2, 0.25) is 6.41 Å². The van der Waals surface area contributed by atoms with Crippen LogP contribution in [0.2, 0.25) is 0 Å². The summed E-state index contributed by atoms with van der Waals surface area (Å²) in [6, 6.07) is 2.44. The summed E-state index contributed by atoms with van der Waals surface area (Å²) in [7, 11) is 0. The number of carbonyl (C=O) groups excluding carboxylic acids is 1. The number of aromatic nitrogens is 1. The molecular weight excluding hydrogens is 226 g/mol. The van der Waals surface area contributed by atoms with E-state index in [0.29, 0.717) is 0 Å². The number of nitrogens with zero attached hydrogens (tertiary/aromatic N) is 2. The van der Waals surface area contributed by atoms with E-state index in [4.69, 9.17) is 0 Å². The highest BCUT2D eigenvalue weighted by Gasteiger charge is 2.26. The molecule has 1 aromatic rings. The number of hydrogen-bond acceptors (Lipinski definition) is 3. The maximum Gasteiger partial charge on any atom is 0.209 e. The molecular formula is C14H19N3O. The third kappa shape index (κ3) is 2.25. The minimum Gasteiger partial charge on any atom is -0.342 e. The van der Waals surface area contributed by atoms with Crippen LogP contribution in [0.5, 0.6) is 0 Å². The predicted molar refractivity (Wildman–Crippen MR) is 69.3 cm³/mol. The molecule has 2 fully saturated rings. The van der Waals surface area contributed by atoms with Gasteiger partial charge < -0.3 is 10.2 Å². The number of carbonyl (C=O) groups is 1. The zero-order valence-corrected chi connectivity index (χ0v) is 10.7. The molecule has 4 heteroatoms. The number of amides is 1. The molecule has 1 aliphatic heterocycles. The quantitative estimate of drug-likeness (QED) is 0.818. The maximum absolute atomic E-state index is 10.9. The molecule has 1 amide bonds. The highest BCUT2D eigenvalue weighted by atomic mass is 16.1. The van der Waals surface area contributed by atoms with Gasteiger partial charge in [-0.3, -0.25) is 9.78 Å². The average Bonchev–Trinajstić information content (AvgIpc) is 3.23. The van der Waals surface area contributed by atoms with Crippen molar-refractivity contribution in [2.75, 3.05) is 19.6 Å². The fourth-order valence-corrected chi connectivity index (χ4v) is 2.66. The largest absolute Gasteiger partial charge is 0.342 e. The van der Waals surface area contributed by atoms with Crippen molar-refractivity contribution < 1.29 is 4.79 Å². The minimum atomic E-state index is 0.178. The molecule has 1 saturated carbocycles. The molecule has 1 atom stereocenters. The Morgan fingerprint density at radius 1 is 1.50 bits per heavy atom. The van der Waals surface area contributed by atoms with Gasteiger partial charge in [0.1, 0.15) is 0 Å². The molecule has 2 heterocycles. The first-order chi connectivity index (χ1) is 8.78. The van der Waals surface area contributed by atoms with Crippen molar-refractivity contribution in [1.82, 2.24) is 15.2 Å². The fraction of sp³-hybridized carbons (Fsp3) is 0.571. The molecule has 0 spiro atoms. The summed E-state index contributed by atoms with van der Waals surface area (Å²) in [6.45, 7) is 4.48. The molecule has 1 aromatic heterocycles. The number of nitrogens with one attached hydrogen (secondary N) is 1. The van der Waals surface area contributed by atoms with Crippen molar-refractivity contribution in [3.8, 4) is 0 Å². The van der Waals surface area contributed by atoms with E-state index >= 15 is 0 Å². The molecule has 18 heavy (non-hydrogen) atoms. The van der Waals surface area contributed by atoms with Crippen molar-refractivity contribution in [3.63, 3.8) is 0 Å². The Balaban J connectivity index is 1.80. The summed E-state index contributed by atoms with van der Waals surface area (Å²) in [4.78, 5) is 17.3. The minimum absolute atomic E-state index is 0.178. The molecule has 4 nitrogen and oxygen atoms in total. The maximum atomic E-state index is 10.9. The Kier molecular flexibility index (Phi) is 3.04. The molecule has 3 rings (SSSR count). The van der Waals surface area contributed by atoms with Crippen LogP contribution in [0.25, 0.3) is 0 Å². The molecule has 0 radical (unpaired) electrons. The fourth-order valence-electron chi connectivity index (χ4n) is 2.66. The van der Waals surface area contributed by atoms with Gasteiger partial charge in [0.15, 0.2) is 0 Å². The zero-order chi connectivity index (χ0) is 12.5. The molecule has 1 unspecified atom stereocenters. The van der Waals surface area contributed by atoms with Gasteiger partial charge in [-0.05, 0) is 36.8 Å². The Labute approximate surface area is 107 Å². The van der Waals surface area contributed by atoms with Crippen molar-refractivity contribution in [1.29, 1.82) is 0 Å². The van der Waals surface area contributed by atoms with Crippen LogP contribution in [0.3, 0.4) is 0 Å². The second-order valence-corrected chi connectivity index (χ2v) is 5.35. The zero-order valence-electron chi connectivity index (χ0n) is 10.7. The smallest absolute Gasteiger partial charge is 0.209 e. The van der Waals surface area contributed by atoms with Gasteiger partial charge in [-0.25, -0.2) is 0 Å². The number of hydrogen-bond donors (Lipinski definition) is 1. The van der Waals surface area contributed by atoms with Crippen molar-refractivity contribution in [3.05, 3.63) is 29.1 Å². The van der Waals surface area contributed by atoms with E-state index in [0.717, 1.165) is 37.7 Å². The van der Waals surface area contributed by atoms with Crippen LogP contribution >= 0.6 is 0 Å². The van der Waals surface area contributed by atoms with Crippen molar-refractivity contribution in [2.45, 2.75) is 31.7 Å². The van der Waals surface area contributed by atoms with E-state index < -0.39 is 0 Å². The second-order valence-electron chi connectivity index (χ2n) is 5.35. The SMILES string of the molecule is Cc1cc(C2CC2)cnc1C1CN(C=O)CCN1. The Morgan fingerprint density at radius 3 is 3.00 bits per heavy atom. The molecule has 96 valence electrons. The number of pyridine rings is 1. The molecule has 1 aliphatic carbocycles. The van der Waals surface area contributed by atoms with Crippen LogP contribution < -0.4 is 5.32 Å². The summed E-state index contributed by atoms with van der Waals surface area (Å²) in [6.07, 6.45) is 5.56. The number of piperazine rings is 1. The van der Waals surface area contributed by atoms with E-state index in [1.165, 1.54) is 24.0 Å². The van der Waals surface area contributed by atoms with Crippen LogP contribution in [-0.2, 0) is 4.79 Å². The topological polar surface area (TPSA) is 45.2 Å². The highest BCUT2D eigenvalue weighted by Crippen LogP contribution is 2.40. The summed E-state index contributed by atoms with van der Waals surface area (Å²) < 4.78 is 0. The van der Waals surface area contributed by atoms with E-state index in [2.05, 4.69) is 23.3 Å². The Morgan fingerprint density at radius 2 is 2.33 bits per heavy atom. The van der Waals surface area contributed by atoms with Gasteiger partial charge in [0, 0.05) is 25.8 Å². The first-order valence-corrected chi connectivity index (χ1v) is 6.67. The molecule has 1 N–H and O–H groups in total. The highest BCUT2D eigenvalue weighted by molar-refractivity contribution is 5.47. The monoisotopic (exact) mass is 245 g/mol. The number of rotatable bonds is 3. The molecule has 1 saturated heterocycles. The molecule has 0 bridgehead atoms. The summed E-state index contributed by atoms with van der Waals surface area (Å²) in [5, 5.41) is 3.44. The second kappa shape index (κ2) is 4.69. The van der Waals surface area contributed by atoms with E-state index in [1.807, 2.05) is 11.1 Å². The Hall–Kier alpha value is -1.42. The van der Waals surface area contributed by atoms with Crippen LogP contribution in [0.15, 0.2) is 12.3 Å². The first kappa shape index (κ1) is 11.7. The molecule has 0 aromatic carbocycles. The van der Waals surface area contributed by atoms with Gasteiger partial charge >= 0.3 is 0 Å². The van der Waals surface area contributed by atoms with Gasteiger partial charge in [-0.1, -0.05) is 6.07 Å². The van der Waals surface area contributed by atoms with Crippen LogP contribution in [0, 0.1) is 6.92 Å². The summed E-state index contributed by atoms with van der Waals surface area (Å²) in [5.41, 5.74) is 3.70. The normalized spacial score (nSPS) is 24.1. The average molecular weight is 245 g/mol. The van der Waals surface area contributed by atoms with Crippen LogP contribution in [0.1, 0.15) is 41.6 Å². The summed E-state index contributed by atoms with van der Waals surface area (Å²) in [5.74, 6) is 0.746. The van der Waals surface area contributed by atoms with E-state index in [-0.39, 0.29) is 6.04 Å². The molecule has 2 aliphatic rings. The van der Waals surface area contributed by atoms with Crippen molar-refractivity contribution >= 4 is 6.41 Å². The standard InChI is InChI=1S/C14H19N3O/c1-10-6-12(11-2-3-11)7-16-14(10)13-8-17(9-18)5-4-15-13/h6-7,9,11,13,15H,2-5,8H2,1H3. The van der Waals surface area contributed by atoms with Gasteiger partial charge in [0.05, 0.1) is 11.7 Å². The van der Waals surface area contributed by atoms with E-state index in [1.54, 1.807) is 0 Å². The predicted octanol–water partition coefficient (Wildman–Crippen LogP) is 1.37. The number of aryl methyl sites for hydroxylation is 1. The van der Waals surface area contributed by atoms with Crippen LogP contribution in [0.4, 0.5) is 0 Å². The van der Waals surface area contributed by atoms with Crippen LogP contribution in [-0.4, -0.2) is 35.9 Å². The van der Waals surface area contributed by atoms with Gasteiger partial charge in [-0.2, -0.15) is 0 Å². The lowest BCUT2D eigenvalue weighted by Gasteiger charge is -2.31.